The van der Waals surface area contributed by atoms with Gasteiger partial charge in [-0.15, -0.1) is 0 Å². The number of amides is 2. The van der Waals surface area contributed by atoms with E-state index >= 15 is 0 Å². The van der Waals surface area contributed by atoms with E-state index in [4.69, 9.17) is 5.41 Å². The number of likely N-dealkylation sites (N-methyl/N-ethyl adjacent to an activating group) is 1. The molecule has 1 unspecified atom stereocenters. The summed E-state index contributed by atoms with van der Waals surface area (Å²) in [6, 6.07) is 7.50. The van der Waals surface area contributed by atoms with Gasteiger partial charge in [-0.2, -0.15) is 0 Å². The van der Waals surface area contributed by atoms with Gasteiger partial charge in [0, 0.05) is 6.54 Å². The van der Waals surface area contributed by atoms with Gasteiger partial charge in [0.05, 0.1) is 0 Å². The van der Waals surface area contributed by atoms with Crippen molar-refractivity contribution in [2.24, 2.45) is 0 Å². The normalized spacial score (nSPS) is 20.1. The van der Waals surface area contributed by atoms with Crippen LogP contribution < -0.4 is 5.32 Å². The van der Waals surface area contributed by atoms with Crippen LogP contribution in [0.3, 0.4) is 0 Å². The number of nitrogens with one attached hydrogen (secondary N) is 2. The van der Waals surface area contributed by atoms with Crippen LogP contribution in [0.25, 0.3) is 0 Å². The van der Waals surface area contributed by atoms with Gasteiger partial charge in [0.1, 0.15) is 11.9 Å². The lowest BCUT2D eigenvalue weighted by Crippen LogP contribution is -2.29. The molecule has 0 aliphatic carbocycles. The van der Waals surface area contributed by atoms with E-state index in [1.165, 1.54) is 0 Å². The predicted octanol–water partition coefficient (Wildman–Crippen LogP) is 2.06. The van der Waals surface area contributed by atoms with Crippen LogP contribution in [0.15, 0.2) is 24.3 Å². The van der Waals surface area contributed by atoms with Gasteiger partial charge in [0.2, 0.25) is 0 Å². The van der Waals surface area contributed by atoms with Crippen LogP contribution in [-0.4, -0.2) is 23.3 Å². The molecule has 1 aliphatic rings. The van der Waals surface area contributed by atoms with Crippen LogP contribution in [0.4, 0.5) is 4.79 Å². The van der Waals surface area contributed by atoms with Crippen molar-refractivity contribution in [1.82, 2.24) is 10.2 Å². The fourth-order valence-corrected chi connectivity index (χ4v) is 2.04. The Morgan fingerprint density at radius 2 is 2.25 bits per heavy atom. The minimum atomic E-state index is -0.252. The number of aryl methyl sites for hydroxylation is 1. The second kappa shape index (κ2) is 3.96. The van der Waals surface area contributed by atoms with E-state index < -0.39 is 0 Å². The number of hydrogen-bond donors (Lipinski definition) is 2. The number of carbonyl (C=O) groups excluding carboxylic acids is 1. The van der Waals surface area contributed by atoms with Gasteiger partial charge in [0.15, 0.2) is 0 Å². The van der Waals surface area contributed by atoms with E-state index in [1.807, 2.05) is 38.1 Å². The van der Waals surface area contributed by atoms with Gasteiger partial charge in [-0.3, -0.25) is 10.7 Å². The Hall–Kier alpha value is -1.84. The summed E-state index contributed by atoms with van der Waals surface area (Å²) in [4.78, 5) is 13.2. The molecule has 1 saturated heterocycles. The lowest BCUT2D eigenvalue weighted by molar-refractivity contribution is 0.209. The predicted molar refractivity (Wildman–Crippen MR) is 62.6 cm³/mol. The summed E-state index contributed by atoms with van der Waals surface area (Å²) in [7, 11) is 0. The van der Waals surface area contributed by atoms with Gasteiger partial charge < -0.3 is 4.90 Å². The summed E-state index contributed by atoms with van der Waals surface area (Å²) in [5, 5.41) is 10.4. The van der Waals surface area contributed by atoms with E-state index in [0.717, 1.165) is 11.1 Å². The van der Waals surface area contributed by atoms with Gasteiger partial charge in [-0.05, 0) is 19.4 Å². The van der Waals surface area contributed by atoms with Crippen molar-refractivity contribution in [2.45, 2.75) is 19.9 Å². The minimum absolute atomic E-state index is 0.181. The largest absolute Gasteiger partial charge is 0.323 e. The number of benzene rings is 1. The molecule has 1 aromatic rings. The Bertz CT molecular complexity index is 442. The quantitative estimate of drug-likeness (QED) is 0.782. The molecule has 1 aliphatic heterocycles. The molecule has 0 spiro atoms. The Morgan fingerprint density at radius 1 is 1.50 bits per heavy atom. The average molecular weight is 217 g/mol. The van der Waals surface area contributed by atoms with E-state index in [1.54, 1.807) is 4.90 Å². The molecule has 4 heteroatoms. The van der Waals surface area contributed by atoms with Gasteiger partial charge in [-0.1, -0.05) is 29.8 Å². The molecule has 2 N–H and O–H groups in total. The first-order chi connectivity index (χ1) is 7.63. The second-order valence-electron chi connectivity index (χ2n) is 3.95. The summed E-state index contributed by atoms with van der Waals surface area (Å²) in [6.07, 6.45) is 0. The third-order valence-electron chi connectivity index (χ3n) is 2.79. The Kier molecular flexibility index (Phi) is 2.64. The van der Waals surface area contributed by atoms with Crippen LogP contribution in [0.2, 0.25) is 0 Å². The molecule has 0 saturated carbocycles. The monoisotopic (exact) mass is 217 g/mol. The topological polar surface area (TPSA) is 56.2 Å². The molecule has 1 fully saturated rings. The third kappa shape index (κ3) is 1.66. The molecular weight excluding hydrogens is 202 g/mol. The average Bonchev–Trinajstić information content (AvgIpc) is 2.52. The van der Waals surface area contributed by atoms with Crippen molar-refractivity contribution in [3.8, 4) is 0 Å². The van der Waals surface area contributed by atoms with E-state index in [0.29, 0.717) is 6.54 Å². The maximum absolute atomic E-state index is 11.6. The zero-order valence-electron chi connectivity index (χ0n) is 9.45. The van der Waals surface area contributed by atoms with Crippen molar-refractivity contribution in [3.63, 3.8) is 0 Å². The summed E-state index contributed by atoms with van der Waals surface area (Å²) in [6.45, 7) is 4.53. The van der Waals surface area contributed by atoms with Gasteiger partial charge in [-0.25, -0.2) is 4.79 Å². The zero-order valence-corrected chi connectivity index (χ0v) is 9.45. The molecule has 84 valence electrons. The van der Waals surface area contributed by atoms with Crippen molar-refractivity contribution in [2.75, 3.05) is 6.54 Å². The SMILES string of the molecule is CCN1C(=O)NC(=N)C1c1cccc(C)c1. The summed E-state index contributed by atoms with van der Waals surface area (Å²) in [5.74, 6) is 0.262. The summed E-state index contributed by atoms with van der Waals surface area (Å²) < 4.78 is 0. The lowest BCUT2D eigenvalue weighted by atomic mass is 10.0. The number of nitrogens with zero attached hydrogens (tertiary/aromatic N) is 1. The number of rotatable bonds is 2. The van der Waals surface area contributed by atoms with Crippen LogP contribution in [-0.2, 0) is 0 Å². The van der Waals surface area contributed by atoms with Crippen molar-refractivity contribution < 1.29 is 4.79 Å². The highest BCUT2D eigenvalue weighted by atomic mass is 16.2. The fourth-order valence-electron chi connectivity index (χ4n) is 2.04. The first-order valence-electron chi connectivity index (χ1n) is 5.36. The zero-order chi connectivity index (χ0) is 11.7. The van der Waals surface area contributed by atoms with E-state index in [9.17, 15) is 4.79 Å². The minimum Gasteiger partial charge on any atom is -0.310 e. The molecule has 0 aromatic heterocycles. The molecule has 16 heavy (non-hydrogen) atoms. The van der Waals surface area contributed by atoms with Crippen LogP contribution in [0.5, 0.6) is 0 Å². The highest BCUT2D eigenvalue weighted by molar-refractivity contribution is 6.05. The Morgan fingerprint density at radius 3 is 2.88 bits per heavy atom. The number of amidine groups is 1. The lowest BCUT2D eigenvalue weighted by Gasteiger charge is -2.21. The molecule has 0 radical (unpaired) electrons. The molecular formula is C12H15N3O. The molecule has 1 atom stereocenters. The molecule has 1 aromatic carbocycles. The van der Waals surface area contributed by atoms with E-state index in [2.05, 4.69) is 5.32 Å². The highest BCUT2D eigenvalue weighted by Gasteiger charge is 2.35. The maximum Gasteiger partial charge on any atom is 0.323 e. The van der Waals surface area contributed by atoms with Crippen molar-refractivity contribution in [3.05, 3.63) is 35.4 Å². The maximum atomic E-state index is 11.6. The first-order valence-corrected chi connectivity index (χ1v) is 5.36. The standard InChI is InChI=1S/C12H15N3O/c1-3-15-10(11(13)14-12(15)16)9-6-4-5-8(2)7-9/h4-7,10H,3H2,1-2H3,(H2,13,14,16). The second-order valence-corrected chi connectivity index (χ2v) is 3.95. The molecule has 4 nitrogen and oxygen atoms in total. The Labute approximate surface area is 94.8 Å². The molecule has 2 rings (SSSR count). The van der Waals surface area contributed by atoms with Crippen LogP contribution in [0, 0.1) is 12.3 Å². The van der Waals surface area contributed by atoms with Gasteiger partial charge >= 0.3 is 6.03 Å². The molecule has 0 bridgehead atoms. The first kappa shape index (κ1) is 10.7. The highest BCUT2D eigenvalue weighted by Crippen LogP contribution is 2.25. The Balaban J connectivity index is 2.39. The fraction of sp³-hybridized carbons (Fsp3) is 0.333. The number of carbonyl (C=O) groups is 1. The molecule has 2 amide bonds. The summed E-state index contributed by atoms with van der Waals surface area (Å²) in [5.41, 5.74) is 2.13. The summed E-state index contributed by atoms with van der Waals surface area (Å²) >= 11 is 0. The number of urea groups is 1. The van der Waals surface area contributed by atoms with Crippen molar-refractivity contribution in [1.29, 1.82) is 5.41 Å². The van der Waals surface area contributed by atoms with E-state index in [-0.39, 0.29) is 17.9 Å². The van der Waals surface area contributed by atoms with Crippen LogP contribution >= 0.6 is 0 Å². The van der Waals surface area contributed by atoms with Crippen LogP contribution in [0.1, 0.15) is 24.1 Å². The van der Waals surface area contributed by atoms with Gasteiger partial charge in [0.25, 0.3) is 0 Å². The molecule has 1 heterocycles. The number of hydrogen-bond acceptors (Lipinski definition) is 2. The van der Waals surface area contributed by atoms with Crippen molar-refractivity contribution >= 4 is 11.9 Å². The third-order valence-corrected chi connectivity index (χ3v) is 2.79. The smallest absolute Gasteiger partial charge is 0.310 e.